The summed E-state index contributed by atoms with van der Waals surface area (Å²) in [4.78, 5) is 2.52. The van der Waals surface area contributed by atoms with Gasteiger partial charge in [-0.3, -0.25) is 4.90 Å². The minimum absolute atomic E-state index is 0.645. The van der Waals surface area contributed by atoms with E-state index in [1.54, 1.807) is 0 Å². The van der Waals surface area contributed by atoms with Gasteiger partial charge in [-0.25, -0.2) is 0 Å². The Morgan fingerprint density at radius 2 is 2.19 bits per heavy atom. The molecule has 1 aromatic rings. The summed E-state index contributed by atoms with van der Waals surface area (Å²) in [6.45, 7) is 6.67. The van der Waals surface area contributed by atoms with E-state index >= 15 is 0 Å². The van der Waals surface area contributed by atoms with Crippen molar-refractivity contribution in [2.45, 2.75) is 39.3 Å². The molecule has 2 nitrogen and oxygen atoms in total. The van der Waals surface area contributed by atoms with Crippen molar-refractivity contribution >= 4 is 21.6 Å². The Morgan fingerprint density at radius 3 is 2.88 bits per heavy atom. The SMILES string of the molecule is CCC(C)N1CCc2c(Br)ccc(N)c2C1. The molecule has 0 bridgehead atoms. The smallest absolute Gasteiger partial charge is 0.0363 e. The highest BCUT2D eigenvalue weighted by atomic mass is 79.9. The molecule has 3 heteroatoms. The van der Waals surface area contributed by atoms with E-state index in [0.717, 1.165) is 25.2 Å². The lowest BCUT2D eigenvalue weighted by atomic mass is 9.97. The first-order valence-electron chi connectivity index (χ1n) is 5.93. The molecular weight excluding hydrogens is 264 g/mol. The van der Waals surface area contributed by atoms with Crippen molar-refractivity contribution in [1.29, 1.82) is 0 Å². The van der Waals surface area contributed by atoms with Gasteiger partial charge in [0.25, 0.3) is 0 Å². The Labute approximate surface area is 106 Å². The number of fused-ring (bicyclic) bond motifs is 1. The van der Waals surface area contributed by atoms with Crippen molar-refractivity contribution in [1.82, 2.24) is 4.90 Å². The third-order valence-electron chi connectivity index (χ3n) is 3.63. The molecule has 0 fully saturated rings. The summed E-state index contributed by atoms with van der Waals surface area (Å²) in [6.07, 6.45) is 2.30. The van der Waals surface area contributed by atoms with E-state index in [-0.39, 0.29) is 0 Å². The van der Waals surface area contributed by atoms with Gasteiger partial charge < -0.3 is 5.73 Å². The van der Waals surface area contributed by atoms with Crippen LogP contribution in [-0.2, 0) is 13.0 Å². The van der Waals surface area contributed by atoms with Crippen molar-refractivity contribution in [3.05, 3.63) is 27.7 Å². The van der Waals surface area contributed by atoms with E-state index in [4.69, 9.17) is 5.73 Å². The standard InChI is InChI=1S/C13H19BrN2/c1-3-9(2)16-7-6-10-11(8-16)13(15)5-4-12(10)14/h4-5,9H,3,6-8,15H2,1-2H3. The molecule has 0 saturated carbocycles. The lowest BCUT2D eigenvalue weighted by molar-refractivity contribution is 0.186. The molecule has 16 heavy (non-hydrogen) atoms. The summed E-state index contributed by atoms with van der Waals surface area (Å²) in [5, 5.41) is 0. The molecule has 1 heterocycles. The predicted octanol–water partition coefficient (Wildman–Crippen LogP) is 3.19. The topological polar surface area (TPSA) is 29.3 Å². The Balaban J connectivity index is 2.29. The fourth-order valence-corrected chi connectivity index (χ4v) is 2.88. The van der Waals surface area contributed by atoms with Crippen LogP contribution in [0.1, 0.15) is 31.4 Å². The van der Waals surface area contributed by atoms with Crippen molar-refractivity contribution in [3.63, 3.8) is 0 Å². The first-order valence-corrected chi connectivity index (χ1v) is 6.72. The minimum atomic E-state index is 0.645. The molecule has 1 atom stereocenters. The quantitative estimate of drug-likeness (QED) is 0.845. The monoisotopic (exact) mass is 282 g/mol. The zero-order chi connectivity index (χ0) is 11.7. The fourth-order valence-electron chi connectivity index (χ4n) is 2.31. The van der Waals surface area contributed by atoms with E-state index in [9.17, 15) is 0 Å². The number of nitrogen functional groups attached to an aromatic ring is 1. The van der Waals surface area contributed by atoms with Gasteiger partial charge in [-0.1, -0.05) is 22.9 Å². The average Bonchev–Trinajstić information content (AvgIpc) is 2.32. The molecular formula is C13H19BrN2. The van der Waals surface area contributed by atoms with Crippen molar-refractivity contribution in [2.24, 2.45) is 0 Å². The van der Waals surface area contributed by atoms with Crippen LogP contribution in [0.25, 0.3) is 0 Å². The molecule has 1 aromatic carbocycles. The van der Waals surface area contributed by atoms with Crippen LogP contribution in [0, 0.1) is 0 Å². The summed E-state index contributed by atoms with van der Waals surface area (Å²) in [5.41, 5.74) is 9.73. The second-order valence-corrected chi connectivity index (χ2v) is 5.43. The third kappa shape index (κ3) is 2.11. The molecule has 88 valence electrons. The second-order valence-electron chi connectivity index (χ2n) is 4.57. The average molecular weight is 283 g/mol. The van der Waals surface area contributed by atoms with Crippen LogP contribution < -0.4 is 5.73 Å². The molecule has 1 unspecified atom stereocenters. The van der Waals surface area contributed by atoms with Crippen LogP contribution in [-0.4, -0.2) is 17.5 Å². The second kappa shape index (κ2) is 4.76. The highest BCUT2D eigenvalue weighted by Gasteiger charge is 2.22. The van der Waals surface area contributed by atoms with Crippen LogP contribution in [0.15, 0.2) is 16.6 Å². The maximum absolute atomic E-state index is 6.07. The number of rotatable bonds is 2. The highest BCUT2D eigenvalue weighted by Crippen LogP contribution is 2.31. The van der Waals surface area contributed by atoms with Crippen molar-refractivity contribution in [2.75, 3.05) is 12.3 Å². The maximum Gasteiger partial charge on any atom is 0.0363 e. The Hall–Kier alpha value is -0.540. The van der Waals surface area contributed by atoms with Gasteiger partial charge in [0.15, 0.2) is 0 Å². The molecule has 2 N–H and O–H groups in total. The number of hydrogen-bond donors (Lipinski definition) is 1. The normalized spacial score (nSPS) is 18.2. The fraction of sp³-hybridized carbons (Fsp3) is 0.538. The van der Waals surface area contributed by atoms with Gasteiger partial charge in [0.2, 0.25) is 0 Å². The number of nitrogens with two attached hydrogens (primary N) is 1. The molecule has 0 saturated heterocycles. The molecule has 1 aliphatic heterocycles. The largest absolute Gasteiger partial charge is 0.398 e. The summed E-state index contributed by atoms with van der Waals surface area (Å²) in [7, 11) is 0. The van der Waals surface area contributed by atoms with Gasteiger partial charge in [-0.15, -0.1) is 0 Å². The van der Waals surface area contributed by atoms with Crippen LogP contribution in [0.4, 0.5) is 5.69 Å². The van der Waals surface area contributed by atoms with Gasteiger partial charge in [-0.2, -0.15) is 0 Å². The Bertz CT molecular complexity index is 390. The van der Waals surface area contributed by atoms with Gasteiger partial charge in [0.05, 0.1) is 0 Å². The lowest BCUT2D eigenvalue weighted by Crippen LogP contribution is -2.37. The lowest BCUT2D eigenvalue weighted by Gasteiger charge is -2.34. The molecule has 0 amide bonds. The van der Waals surface area contributed by atoms with Gasteiger partial charge >= 0.3 is 0 Å². The zero-order valence-corrected chi connectivity index (χ0v) is 11.5. The van der Waals surface area contributed by atoms with Crippen LogP contribution in [0.5, 0.6) is 0 Å². The Kier molecular flexibility index (Phi) is 3.55. The van der Waals surface area contributed by atoms with Crippen molar-refractivity contribution in [3.8, 4) is 0 Å². The van der Waals surface area contributed by atoms with Gasteiger partial charge in [0.1, 0.15) is 0 Å². The van der Waals surface area contributed by atoms with E-state index in [1.165, 1.54) is 22.0 Å². The maximum atomic E-state index is 6.07. The number of benzene rings is 1. The summed E-state index contributed by atoms with van der Waals surface area (Å²) in [6, 6.07) is 4.71. The molecule has 1 aliphatic rings. The summed E-state index contributed by atoms with van der Waals surface area (Å²) >= 11 is 3.62. The van der Waals surface area contributed by atoms with Crippen LogP contribution in [0.2, 0.25) is 0 Å². The first-order chi connectivity index (χ1) is 7.63. The number of anilines is 1. The molecule has 0 aromatic heterocycles. The van der Waals surface area contributed by atoms with Crippen LogP contribution in [0.3, 0.4) is 0 Å². The highest BCUT2D eigenvalue weighted by molar-refractivity contribution is 9.10. The number of hydrogen-bond acceptors (Lipinski definition) is 2. The minimum Gasteiger partial charge on any atom is -0.398 e. The van der Waals surface area contributed by atoms with E-state index in [2.05, 4.69) is 40.7 Å². The van der Waals surface area contributed by atoms with E-state index in [1.807, 2.05) is 6.07 Å². The summed E-state index contributed by atoms with van der Waals surface area (Å²) in [5.74, 6) is 0. The van der Waals surface area contributed by atoms with Gasteiger partial charge in [0, 0.05) is 29.3 Å². The van der Waals surface area contributed by atoms with E-state index < -0.39 is 0 Å². The first kappa shape index (κ1) is 11.9. The van der Waals surface area contributed by atoms with Gasteiger partial charge in [-0.05, 0) is 43.0 Å². The molecule has 0 spiro atoms. The Morgan fingerprint density at radius 1 is 1.44 bits per heavy atom. The molecule has 0 radical (unpaired) electrons. The predicted molar refractivity (Wildman–Crippen MR) is 72.4 cm³/mol. The molecule has 0 aliphatic carbocycles. The summed E-state index contributed by atoms with van der Waals surface area (Å²) < 4.78 is 1.21. The van der Waals surface area contributed by atoms with E-state index in [0.29, 0.717) is 6.04 Å². The zero-order valence-electron chi connectivity index (χ0n) is 9.96. The van der Waals surface area contributed by atoms with Crippen LogP contribution >= 0.6 is 15.9 Å². The number of nitrogens with zero attached hydrogens (tertiary/aromatic N) is 1. The molecule has 2 rings (SSSR count). The third-order valence-corrected chi connectivity index (χ3v) is 4.38. The van der Waals surface area contributed by atoms with Crippen molar-refractivity contribution < 1.29 is 0 Å². The number of halogens is 1.